The first kappa shape index (κ1) is 16.4. The molecule has 26 heavy (non-hydrogen) atoms. The number of amides is 1. The lowest BCUT2D eigenvalue weighted by Gasteiger charge is -2.34. The minimum absolute atomic E-state index is 0.0608. The number of nitrogens with one attached hydrogen (secondary N) is 1. The summed E-state index contributed by atoms with van der Waals surface area (Å²) < 4.78 is 14.9. The maximum atomic E-state index is 13.8. The van der Waals surface area contributed by atoms with Crippen molar-refractivity contribution in [2.45, 2.75) is 32.2 Å². The van der Waals surface area contributed by atoms with Crippen LogP contribution in [0.4, 0.5) is 4.39 Å². The Morgan fingerprint density at radius 2 is 2.19 bits per heavy atom. The van der Waals surface area contributed by atoms with Crippen molar-refractivity contribution in [1.82, 2.24) is 24.5 Å². The van der Waals surface area contributed by atoms with Gasteiger partial charge in [0, 0.05) is 18.8 Å². The van der Waals surface area contributed by atoms with Crippen molar-refractivity contribution in [3.8, 4) is 0 Å². The number of rotatable bonds is 2. The van der Waals surface area contributed by atoms with E-state index in [-0.39, 0.29) is 17.6 Å². The molecule has 0 radical (unpaired) electrons. The number of aromatic amines is 1. The first-order valence-corrected chi connectivity index (χ1v) is 8.56. The summed E-state index contributed by atoms with van der Waals surface area (Å²) in [6, 6.07) is 6.70. The Balaban J connectivity index is 1.75. The molecular weight excluding hydrogens is 337 g/mol. The van der Waals surface area contributed by atoms with Gasteiger partial charge in [-0.15, -0.1) is 0 Å². The van der Waals surface area contributed by atoms with Gasteiger partial charge in [0.25, 0.3) is 5.91 Å². The standard InChI is InChI=1S/C18H18FN5O2/c1-11-16(19)18(26)24-15(21-11)10-13(22-24)14-7-3-5-9-23(14)17(25)12-6-2-4-8-20-12/h2,4,6,8,10,14,22H,3,5,7,9H2,1H3/t14-/m0/s1. The molecule has 134 valence electrons. The molecule has 0 unspecified atom stereocenters. The number of aryl methyl sites for hydroxylation is 1. The number of likely N-dealkylation sites (tertiary alicyclic amines) is 1. The SMILES string of the molecule is Cc1nc2cc([C@@H]3CCCCN3C(=O)c3ccccn3)[nH]n2c(=O)c1F. The fourth-order valence-corrected chi connectivity index (χ4v) is 3.44. The second-order valence-corrected chi connectivity index (χ2v) is 6.45. The fraction of sp³-hybridized carbons (Fsp3) is 0.333. The average Bonchev–Trinajstić information content (AvgIpc) is 3.10. The van der Waals surface area contributed by atoms with Gasteiger partial charge in [0.15, 0.2) is 5.65 Å². The smallest absolute Gasteiger partial charge is 0.308 e. The van der Waals surface area contributed by atoms with E-state index in [9.17, 15) is 14.0 Å². The number of fused-ring (bicyclic) bond motifs is 1. The van der Waals surface area contributed by atoms with Crippen LogP contribution >= 0.6 is 0 Å². The molecule has 1 aliphatic rings. The van der Waals surface area contributed by atoms with Crippen molar-refractivity contribution in [2.24, 2.45) is 0 Å². The molecule has 4 rings (SSSR count). The lowest BCUT2D eigenvalue weighted by atomic mass is 9.99. The quantitative estimate of drug-likeness (QED) is 0.764. The van der Waals surface area contributed by atoms with E-state index in [1.165, 1.54) is 6.92 Å². The number of nitrogens with zero attached hydrogens (tertiary/aromatic N) is 4. The van der Waals surface area contributed by atoms with Crippen molar-refractivity contribution in [3.63, 3.8) is 0 Å². The zero-order valence-electron chi connectivity index (χ0n) is 14.3. The van der Waals surface area contributed by atoms with Gasteiger partial charge < -0.3 is 4.90 Å². The summed E-state index contributed by atoms with van der Waals surface area (Å²) in [6.45, 7) is 2.06. The highest BCUT2D eigenvalue weighted by molar-refractivity contribution is 5.92. The van der Waals surface area contributed by atoms with Gasteiger partial charge in [-0.3, -0.25) is 19.7 Å². The molecule has 1 atom stereocenters. The fourth-order valence-electron chi connectivity index (χ4n) is 3.44. The van der Waals surface area contributed by atoms with Crippen molar-refractivity contribution in [1.29, 1.82) is 0 Å². The Labute approximate surface area is 148 Å². The number of hydrogen-bond donors (Lipinski definition) is 1. The maximum Gasteiger partial charge on any atom is 0.308 e. The number of carbonyl (C=O) groups is 1. The number of hydrogen-bond acceptors (Lipinski definition) is 4. The molecule has 0 aliphatic carbocycles. The zero-order chi connectivity index (χ0) is 18.3. The molecule has 0 saturated carbocycles. The third-order valence-electron chi connectivity index (χ3n) is 4.75. The van der Waals surface area contributed by atoms with E-state index in [2.05, 4.69) is 15.1 Å². The van der Waals surface area contributed by atoms with Crippen molar-refractivity contribution in [3.05, 3.63) is 63.7 Å². The minimum Gasteiger partial charge on any atom is -0.329 e. The third kappa shape index (κ3) is 2.67. The number of piperidine rings is 1. The summed E-state index contributed by atoms with van der Waals surface area (Å²) in [5, 5.41) is 2.93. The minimum atomic E-state index is -0.874. The van der Waals surface area contributed by atoms with Crippen molar-refractivity contribution in [2.75, 3.05) is 6.54 Å². The van der Waals surface area contributed by atoms with E-state index in [4.69, 9.17) is 0 Å². The number of H-pyrrole nitrogens is 1. The normalized spacial score (nSPS) is 17.6. The zero-order valence-corrected chi connectivity index (χ0v) is 14.3. The predicted octanol–water partition coefficient (Wildman–Crippen LogP) is 2.23. The van der Waals surface area contributed by atoms with Crippen LogP contribution in [0, 0.1) is 12.7 Å². The van der Waals surface area contributed by atoms with Crippen LogP contribution in [0.15, 0.2) is 35.3 Å². The van der Waals surface area contributed by atoms with Crippen LogP contribution in [-0.2, 0) is 0 Å². The Morgan fingerprint density at radius 1 is 1.35 bits per heavy atom. The molecule has 4 heterocycles. The maximum absolute atomic E-state index is 13.8. The Kier molecular flexibility index (Phi) is 4.02. The molecular formula is C18H18FN5O2. The van der Waals surface area contributed by atoms with E-state index in [1.54, 1.807) is 35.4 Å². The summed E-state index contributed by atoms with van der Waals surface area (Å²) in [7, 11) is 0. The largest absolute Gasteiger partial charge is 0.329 e. The highest BCUT2D eigenvalue weighted by Gasteiger charge is 2.31. The molecule has 1 fully saturated rings. The molecule has 7 nitrogen and oxygen atoms in total. The van der Waals surface area contributed by atoms with Crippen LogP contribution < -0.4 is 5.56 Å². The third-order valence-corrected chi connectivity index (χ3v) is 4.75. The average molecular weight is 355 g/mol. The molecule has 3 aromatic rings. The van der Waals surface area contributed by atoms with Gasteiger partial charge in [-0.25, -0.2) is 4.98 Å². The number of aromatic nitrogens is 4. The summed E-state index contributed by atoms with van der Waals surface area (Å²) in [4.78, 5) is 35.0. The van der Waals surface area contributed by atoms with Gasteiger partial charge >= 0.3 is 5.56 Å². The lowest BCUT2D eigenvalue weighted by Crippen LogP contribution is -2.39. The van der Waals surface area contributed by atoms with Crippen LogP contribution in [0.5, 0.6) is 0 Å². The van der Waals surface area contributed by atoms with Crippen molar-refractivity contribution < 1.29 is 9.18 Å². The second-order valence-electron chi connectivity index (χ2n) is 6.45. The Bertz CT molecular complexity index is 1030. The van der Waals surface area contributed by atoms with Crippen LogP contribution in [0.2, 0.25) is 0 Å². The summed E-state index contributed by atoms with van der Waals surface area (Å²) in [5.74, 6) is -1.03. The van der Waals surface area contributed by atoms with E-state index in [0.717, 1.165) is 23.8 Å². The first-order valence-electron chi connectivity index (χ1n) is 8.56. The highest BCUT2D eigenvalue weighted by atomic mass is 19.1. The molecule has 1 N–H and O–H groups in total. The Morgan fingerprint density at radius 3 is 2.96 bits per heavy atom. The van der Waals surface area contributed by atoms with Gasteiger partial charge in [-0.1, -0.05) is 6.07 Å². The van der Waals surface area contributed by atoms with E-state index in [1.807, 2.05) is 0 Å². The van der Waals surface area contributed by atoms with Crippen LogP contribution in [0.1, 0.15) is 47.2 Å². The Hall–Kier alpha value is -3.03. The molecule has 0 bridgehead atoms. The van der Waals surface area contributed by atoms with Crippen LogP contribution in [-0.4, -0.2) is 36.9 Å². The van der Waals surface area contributed by atoms with Gasteiger partial charge in [-0.05, 0) is 38.3 Å². The summed E-state index contributed by atoms with van der Waals surface area (Å²) >= 11 is 0. The molecule has 1 aliphatic heterocycles. The first-order chi connectivity index (χ1) is 12.6. The molecule has 8 heteroatoms. The summed E-state index contributed by atoms with van der Waals surface area (Å²) in [6.07, 6.45) is 4.20. The molecule has 1 amide bonds. The van der Waals surface area contributed by atoms with E-state index in [0.29, 0.717) is 23.6 Å². The van der Waals surface area contributed by atoms with Gasteiger partial charge in [0.1, 0.15) is 5.69 Å². The van der Waals surface area contributed by atoms with Crippen LogP contribution in [0.25, 0.3) is 5.65 Å². The van der Waals surface area contributed by atoms with Gasteiger partial charge in [0.05, 0.1) is 17.4 Å². The number of carbonyl (C=O) groups excluding carboxylic acids is 1. The molecule has 3 aromatic heterocycles. The predicted molar refractivity (Wildman–Crippen MR) is 92.4 cm³/mol. The van der Waals surface area contributed by atoms with Gasteiger partial charge in [0.2, 0.25) is 5.82 Å². The molecule has 1 saturated heterocycles. The van der Waals surface area contributed by atoms with Crippen LogP contribution in [0.3, 0.4) is 0 Å². The van der Waals surface area contributed by atoms with Crippen molar-refractivity contribution >= 4 is 11.6 Å². The van der Waals surface area contributed by atoms with E-state index >= 15 is 0 Å². The molecule has 0 spiro atoms. The monoisotopic (exact) mass is 355 g/mol. The van der Waals surface area contributed by atoms with E-state index < -0.39 is 11.4 Å². The number of pyridine rings is 1. The summed E-state index contributed by atoms with van der Waals surface area (Å²) in [5.41, 5.74) is 0.693. The highest BCUT2D eigenvalue weighted by Crippen LogP contribution is 2.31. The number of halogens is 1. The molecule has 0 aromatic carbocycles. The second kappa shape index (κ2) is 6.36. The topological polar surface area (TPSA) is 83.4 Å². The lowest BCUT2D eigenvalue weighted by molar-refractivity contribution is 0.0599. The van der Waals surface area contributed by atoms with Gasteiger partial charge in [-0.2, -0.15) is 8.91 Å².